The van der Waals surface area contributed by atoms with Crippen LogP contribution < -0.4 is 0 Å². The molecule has 0 saturated heterocycles. The summed E-state index contributed by atoms with van der Waals surface area (Å²) in [5.74, 6) is 0. The molecule has 0 saturated carbocycles. The zero-order valence-corrected chi connectivity index (χ0v) is 28.1. The zero-order chi connectivity index (χ0) is 33.3. The Bertz CT molecular complexity index is 2870. The van der Waals surface area contributed by atoms with E-state index in [1.54, 1.807) is 0 Å². The molecule has 0 aliphatic heterocycles. The number of aromatic nitrogens is 2. The second-order valence-electron chi connectivity index (χ2n) is 12.9. The lowest BCUT2D eigenvalue weighted by molar-refractivity contribution is 1.16. The SMILES string of the molecule is CC.c1ccc2c(-n3c4c(c5cc(-c6ccc(-n7c8ccccc8c8ccccc87)cc6)ccc53)-c3cccc5cccc-4c35)cccc2c1. The van der Waals surface area contributed by atoms with Crippen LogP contribution in [0.1, 0.15) is 13.8 Å². The molecule has 0 radical (unpaired) electrons. The lowest BCUT2D eigenvalue weighted by atomic mass is 9.98. The summed E-state index contributed by atoms with van der Waals surface area (Å²) in [7, 11) is 0. The quantitative estimate of drug-likeness (QED) is 0.182. The summed E-state index contributed by atoms with van der Waals surface area (Å²) in [6, 6.07) is 62.4. The second kappa shape index (κ2) is 11.1. The van der Waals surface area contributed by atoms with E-state index in [1.165, 1.54) is 99.1 Å². The molecule has 11 rings (SSSR count). The molecule has 0 fully saturated rings. The minimum atomic E-state index is 1.17. The molecule has 1 aliphatic carbocycles. The fraction of sp³-hybridized carbons (Fsp3) is 0.0417. The van der Waals surface area contributed by atoms with Crippen molar-refractivity contribution in [3.05, 3.63) is 170 Å². The molecule has 236 valence electrons. The van der Waals surface area contributed by atoms with Gasteiger partial charge in [0.05, 0.1) is 27.9 Å². The van der Waals surface area contributed by atoms with Gasteiger partial charge in [-0.2, -0.15) is 0 Å². The molecular weight excluding hydrogens is 605 g/mol. The summed E-state index contributed by atoms with van der Waals surface area (Å²) in [5, 5.41) is 8.99. The van der Waals surface area contributed by atoms with Gasteiger partial charge in [0.1, 0.15) is 0 Å². The molecule has 8 aromatic carbocycles. The largest absolute Gasteiger partial charge is 0.309 e. The third-order valence-corrected chi connectivity index (χ3v) is 10.4. The van der Waals surface area contributed by atoms with Gasteiger partial charge >= 0.3 is 0 Å². The molecule has 50 heavy (non-hydrogen) atoms. The van der Waals surface area contributed by atoms with Crippen LogP contribution >= 0.6 is 0 Å². The summed E-state index contributed by atoms with van der Waals surface area (Å²) in [4.78, 5) is 0. The molecule has 2 heteroatoms. The predicted molar refractivity (Wildman–Crippen MR) is 214 cm³/mol. The average Bonchev–Trinajstić information content (AvgIpc) is 3.82. The molecule has 2 nitrogen and oxygen atoms in total. The van der Waals surface area contributed by atoms with Crippen LogP contribution in [0.4, 0.5) is 0 Å². The molecule has 0 amide bonds. The van der Waals surface area contributed by atoms with E-state index in [0.717, 1.165) is 0 Å². The number of nitrogens with zero attached hydrogens (tertiary/aromatic N) is 2. The van der Waals surface area contributed by atoms with Gasteiger partial charge in [-0.1, -0.05) is 141 Å². The van der Waals surface area contributed by atoms with Crippen molar-refractivity contribution < 1.29 is 0 Å². The number of fused-ring (bicyclic) bond motifs is 9. The van der Waals surface area contributed by atoms with Gasteiger partial charge < -0.3 is 9.13 Å². The van der Waals surface area contributed by atoms with Gasteiger partial charge in [-0.15, -0.1) is 0 Å². The summed E-state index contributed by atoms with van der Waals surface area (Å²) in [6.07, 6.45) is 0. The van der Waals surface area contributed by atoms with E-state index >= 15 is 0 Å². The number of para-hydroxylation sites is 2. The van der Waals surface area contributed by atoms with Crippen molar-refractivity contribution in [2.75, 3.05) is 0 Å². The Morgan fingerprint density at radius 3 is 1.68 bits per heavy atom. The maximum absolute atomic E-state index is 2.51. The van der Waals surface area contributed by atoms with Crippen LogP contribution in [-0.2, 0) is 0 Å². The lowest BCUT2D eigenvalue weighted by Gasteiger charge is -2.14. The second-order valence-corrected chi connectivity index (χ2v) is 12.9. The Morgan fingerprint density at radius 1 is 0.380 bits per heavy atom. The third-order valence-electron chi connectivity index (χ3n) is 10.4. The minimum absolute atomic E-state index is 1.17. The summed E-state index contributed by atoms with van der Waals surface area (Å²) in [5.41, 5.74) is 13.7. The van der Waals surface area contributed by atoms with Crippen molar-refractivity contribution in [3.8, 4) is 44.9 Å². The molecule has 0 bridgehead atoms. The van der Waals surface area contributed by atoms with E-state index in [2.05, 4.69) is 179 Å². The first-order valence-electron chi connectivity index (χ1n) is 17.6. The van der Waals surface area contributed by atoms with E-state index in [1.807, 2.05) is 13.8 Å². The molecule has 10 aromatic rings. The van der Waals surface area contributed by atoms with Crippen LogP contribution in [0.25, 0.3) is 99.1 Å². The van der Waals surface area contributed by atoms with Crippen molar-refractivity contribution in [1.29, 1.82) is 0 Å². The van der Waals surface area contributed by atoms with Gasteiger partial charge in [0.15, 0.2) is 0 Å². The smallest absolute Gasteiger partial charge is 0.0626 e. The number of hydrogen-bond acceptors (Lipinski definition) is 0. The highest BCUT2D eigenvalue weighted by Gasteiger charge is 2.30. The lowest BCUT2D eigenvalue weighted by Crippen LogP contribution is -1.97. The van der Waals surface area contributed by atoms with Crippen LogP contribution in [0.2, 0.25) is 0 Å². The summed E-state index contributed by atoms with van der Waals surface area (Å²) < 4.78 is 4.89. The zero-order valence-electron chi connectivity index (χ0n) is 28.1. The highest BCUT2D eigenvalue weighted by Crippen LogP contribution is 2.53. The summed E-state index contributed by atoms with van der Waals surface area (Å²) >= 11 is 0. The van der Waals surface area contributed by atoms with Gasteiger partial charge in [-0.3, -0.25) is 0 Å². The highest BCUT2D eigenvalue weighted by molar-refractivity contribution is 6.22. The molecular formula is C48H34N2. The van der Waals surface area contributed by atoms with Crippen molar-refractivity contribution >= 4 is 54.3 Å². The van der Waals surface area contributed by atoms with E-state index in [-0.39, 0.29) is 0 Å². The topological polar surface area (TPSA) is 9.86 Å². The van der Waals surface area contributed by atoms with Crippen LogP contribution in [0.5, 0.6) is 0 Å². The van der Waals surface area contributed by atoms with Crippen molar-refractivity contribution in [2.45, 2.75) is 13.8 Å². The molecule has 0 atom stereocenters. The van der Waals surface area contributed by atoms with Gasteiger partial charge in [-0.25, -0.2) is 0 Å². The fourth-order valence-electron chi connectivity index (χ4n) is 8.40. The van der Waals surface area contributed by atoms with Crippen LogP contribution in [0.3, 0.4) is 0 Å². The number of hydrogen-bond donors (Lipinski definition) is 0. The van der Waals surface area contributed by atoms with Gasteiger partial charge in [0.2, 0.25) is 0 Å². The van der Waals surface area contributed by atoms with E-state index in [0.29, 0.717) is 0 Å². The maximum atomic E-state index is 2.51. The molecule has 0 N–H and O–H groups in total. The van der Waals surface area contributed by atoms with E-state index < -0.39 is 0 Å². The first-order chi connectivity index (χ1) is 24.8. The molecule has 0 spiro atoms. The molecule has 2 heterocycles. The standard InChI is InChI=1S/C46H28N2.C2H6/c1-2-14-34-30(10-1)11-9-21-40(34)48-43-27-24-32(28-39(43)45-37-17-7-12-31-13-8-18-38(44(31)37)46(45)48)29-22-25-33(26-23-29)47-41-19-5-3-15-35(41)36-16-4-6-20-42(36)47;1-2/h1-28H;1-2H3. The van der Waals surface area contributed by atoms with E-state index in [9.17, 15) is 0 Å². The van der Waals surface area contributed by atoms with Crippen molar-refractivity contribution in [2.24, 2.45) is 0 Å². The first-order valence-corrected chi connectivity index (χ1v) is 17.6. The monoisotopic (exact) mass is 638 g/mol. The van der Waals surface area contributed by atoms with Crippen molar-refractivity contribution in [1.82, 2.24) is 9.13 Å². The van der Waals surface area contributed by atoms with Crippen molar-refractivity contribution in [3.63, 3.8) is 0 Å². The Labute approximate surface area is 291 Å². The van der Waals surface area contributed by atoms with E-state index in [4.69, 9.17) is 0 Å². The number of benzene rings is 8. The van der Waals surface area contributed by atoms with Gasteiger partial charge in [-0.05, 0) is 75.3 Å². The molecule has 2 aromatic heterocycles. The minimum Gasteiger partial charge on any atom is -0.309 e. The maximum Gasteiger partial charge on any atom is 0.0626 e. The Morgan fingerprint density at radius 2 is 0.940 bits per heavy atom. The number of rotatable bonds is 3. The van der Waals surface area contributed by atoms with Crippen LogP contribution in [-0.4, -0.2) is 9.13 Å². The first kappa shape index (κ1) is 28.6. The van der Waals surface area contributed by atoms with Gasteiger partial charge in [0.25, 0.3) is 0 Å². The third kappa shape index (κ3) is 3.96. The predicted octanol–water partition coefficient (Wildman–Crippen LogP) is 13.4. The average molecular weight is 639 g/mol. The Hall–Kier alpha value is -6.38. The molecule has 1 aliphatic rings. The van der Waals surface area contributed by atoms with Crippen LogP contribution in [0.15, 0.2) is 170 Å². The molecule has 0 unspecified atom stereocenters. The highest BCUT2D eigenvalue weighted by atomic mass is 15.0. The van der Waals surface area contributed by atoms with Gasteiger partial charge in [0, 0.05) is 38.4 Å². The Kier molecular flexibility index (Phi) is 6.34. The fourth-order valence-corrected chi connectivity index (χ4v) is 8.40. The summed E-state index contributed by atoms with van der Waals surface area (Å²) in [6.45, 7) is 4.00. The normalized spacial score (nSPS) is 11.8. The van der Waals surface area contributed by atoms with Crippen LogP contribution in [0, 0.1) is 0 Å². The Balaban J connectivity index is 0.00000156.